The van der Waals surface area contributed by atoms with Gasteiger partial charge in [-0.15, -0.1) is 5.10 Å². The minimum absolute atomic E-state index is 0.112. The Labute approximate surface area is 118 Å². The third-order valence-corrected chi connectivity index (χ3v) is 3.57. The van der Waals surface area contributed by atoms with Gasteiger partial charge >= 0.3 is 0 Å². The van der Waals surface area contributed by atoms with Crippen LogP contribution in [0.15, 0.2) is 30.3 Å². The van der Waals surface area contributed by atoms with Gasteiger partial charge in [-0.1, -0.05) is 41.7 Å². The van der Waals surface area contributed by atoms with Crippen LogP contribution in [-0.2, 0) is 6.54 Å². The van der Waals surface area contributed by atoms with Gasteiger partial charge in [0.1, 0.15) is 12.1 Å². The quantitative estimate of drug-likeness (QED) is 0.793. The van der Waals surface area contributed by atoms with E-state index in [4.69, 9.17) is 10.5 Å². The predicted molar refractivity (Wildman–Crippen MR) is 74.1 cm³/mol. The highest BCUT2D eigenvalue weighted by atomic mass is 32.1. The number of imidazole rings is 1. The highest BCUT2D eigenvalue weighted by Gasteiger charge is 2.15. The van der Waals surface area contributed by atoms with Crippen LogP contribution in [0.25, 0.3) is 4.96 Å². The Bertz CT molecular complexity index is 833. The van der Waals surface area contributed by atoms with Crippen molar-refractivity contribution in [3.63, 3.8) is 0 Å². The summed E-state index contributed by atoms with van der Waals surface area (Å²) in [5.74, 6) is 0. The van der Waals surface area contributed by atoms with Crippen molar-refractivity contribution in [1.82, 2.24) is 14.6 Å². The second-order valence-corrected chi connectivity index (χ2v) is 4.93. The van der Waals surface area contributed by atoms with Crippen molar-refractivity contribution >= 4 is 21.4 Å². The zero-order chi connectivity index (χ0) is 13.9. The molecule has 3 aromatic rings. The van der Waals surface area contributed by atoms with Crippen molar-refractivity contribution in [2.24, 2.45) is 0 Å². The van der Waals surface area contributed by atoms with E-state index in [0.717, 1.165) is 5.56 Å². The van der Waals surface area contributed by atoms with Crippen LogP contribution in [-0.4, -0.2) is 14.6 Å². The molecule has 0 saturated carbocycles. The van der Waals surface area contributed by atoms with Crippen LogP contribution in [0.4, 0.5) is 5.13 Å². The van der Waals surface area contributed by atoms with E-state index in [2.05, 4.69) is 15.4 Å². The van der Waals surface area contributed by atoms with E-state index in [-0.39, 0.29) is 11.4 Å². The lowest BCUT2D eigenvalue weighted by molar-refractivity contribution is 0.945. The fourth-order valence-electron chi connectivity index (χ4n) is 1.77. The Balaban J connectivity index is 1.86. The van der Waals surface area contributed by atoms with Gasteiger partial charge in [0.15, 0.2) is 11.4 Å². The molecule has 0 saturated heterocycles. The van der Waals surface area contributed by atoms with Crippen LogP contribution < -0.4 is 5.32 Å². The fraction of sp³-hybridized carbons (Fsp3) is 0.0769. The van der Waals surface area contributed by atoms with E-state index in [9.17, 15) is 0 Å². The molecule has 0 radical (unpaired) electrons. The zero-order valence-corrected chi connectivity index (χ0v) is 11.1. The summed E-state index contributed by atoms with van der Waals surface area (Å²) in [6, 6.07) is 13.8. The summed E-state index contributed by atoms with van der Waals surface area (Å²) in [5, 5.41) is 26.0. The van der Waals surface area contributed by atoms with Gasteiger partial charge in [0.2, 0.25) is 10.1 Å². The molecule has 20 heavy (non-hydrogen) atoms. The molecule has 96 valence electrons. The molecule has 6 nitrogen and oxygen atoms in total. The number of anilines is 1. The van der Waals surface area contributed by atoms with Gasteiger partial charge in [0.25, 0.3) is 0 Å². The first-order valence-electron chi connectivity index (χ1n) is 5.79. The summed E-state index contributed by atoms with van der Waals surface area (Å²) in [5.41, 5.74) is 1.42. The lowest BCUT2D eigenvalue weighted by Gasteiger charge is -2.01. The van der Waals surface area contributed by atoms with Gasteiger partial charge < -0.3 is 5.32 Å². The highest BCUT2D eigenvalue weighted by molar-refractivity contribution is 7.20. The van der Waals surface area contributed by atoms with Gasteiger partial charge in [-0.05, 0) is 5.56 Å². The topological polar surface area (TPSA) is 89.8 Å². The number of nitrogens with zero attached hydrogens (tertiary/aromatic N) is 5. The van der Waals surface area contributed by atoms with Crippen LogP contribution >= 0.6 is 11.3 Å². The van der Waals surface area contributed by atoms with Crippen molar-refractivity contribution in [3.8, 4) is 12.1 Å². The van der Waals surface area contributed by atoms with E-state index >= 15 is 0 Å². The Hall–Kier alpha value is -2.90. The zero-order valence-electron chi connectivity index (χ0n) is 10.2. The lowest BCUT2D eigenvalue weighted by Crippen LogP contribution is -2.00. The van der Waals surface area contributed by atoms with Crippen molar-refractivity contribution in [2.75, 3.05) is 5.32 Å². The molecule has 1 aromatic carbocycles. The molecule has 3 rings (SSSR count). The van der Waals surface area contributed by atoms with E-state index in [1.54, 1.807) is 0 Å². The average Bonchev–Trinajstić information content (AvgIpc) is 3.02. The molecule has 1 N–H and O–H groups in total. The first-order chi connectivity index (χ1) is 9.81. The molecule has 7 heteroatoms. The third kappa shape index (κ3) is 2.07. The number of nitrogens with one attached hydrogen (secondary N) is 1. The summed E-state index contributed by atoms with van der Waals surface area (Å²) in [4.78, 5) is 4.61. The Morgan fingerprint density at radius 1 is 1.20 bits per heavy atom. The highest BCUT2D eigenvalue weighted by Crippen LogP contribution is 2.22. The first-order valence-corrected chi connectivity index (χ1v) is 6.61. The van der Waals surface area contributed by atoms with Crippen molar-refractivity contribution in [1.29, 1.82) is 10.5 Å². The number of nitriles is 2. The molecule has 0 spiro atoms. The summed E-state index contributed by atoms with van der Waals surface area (Å²) < 4.78 is 1.40. The number of fused-ring (bicyclic) bond motifs is 1. The molecular weight excluding hydrogens is 272 g/mol. The number of rotatable bonds is 3. The summed E-state index contributed by atoms with van der Waals surface area (Å²) in [6.07, 6.45) is 0. The van der Waals surface area contributed by atoms with Crippen LogP contribution in [0.1, 0.15) is 17.0 Å². The van der Waals surface area contributed by atoms with Crippen LogP contribution in [0.2, 0.25) is 0 Å². The van der Waals surface area contributed by atoms with E-state index in [1.807, 2.05) is 42.5 Å². The van der Waals surface area contributed by atoms with Crippen molar-refractivity contribution in [2.45, 2.75) is 6.54 Å². The lowest BCUT2D eigenvalue weighted by atomic mass is 10.2. The maximum Gasteiger partial charge on any atom is 0.216 e. The minimum atomic E-state index is 0.112. The molecule has 0 aliphatic carbocycles. The summed E-state index contributed by atoms with van der Waals surface area (Å²) >= 11 is 1.31. The summed E-state index contributed by atoms with van der Waals surface area (Å²) in [7, 11) is 0. The van der Waals surface area contributed by atoms with Crippen LogP contribution in [0.5, 0.6) is 0 Å². The van der Waals surface area contributed by atoms with Crippen molar-refractivity contribution < 1.29 is 0 Å². The van der Waals surface area contributed by atoms with Gasteiger partial charge in [-0.25, -0.2) is 4.98 Å². The molecule has 2 aromatic heterocycles. The Morgan fingerprint density at radius 3 is 2.70 bits per heavy atom. The van der Waals surface area contributed by atoms with Crippen LogP contribution in [0, 0.1) is 22.7 Å². The van der Waals surface area contributed by atoms with E-state index < -0.39 is 0 Å². The molecule has 0 unspecified atom stereocenters. The molecule has 0 amide bonds. The molecule has 0 fully saturated rings. The van der Waals surface area contributed by atoms with Gasteiger partial charge in [-0.2, -0.15) is 15.0 Å². The summed E-state index contributed by atoms with van der Waals surface area (Å²) in [6.45, 7) is 0.643. The molecule has 0 aliphatic rings. The molecule has 0 aliphatic heterocycles. The monoisotopic (exact) mass is 280 g/mol. The standard InChI is InChI=1S/C13H8N6S/c14-6-10-11(7-15)19-13(17-10)20-12(18-19)16-8-9-4-2-1-3-5-9/h1-5H,8H2,(H,16,18). The fourth-order valence-corrected chi connectivity index (χ4v) is 2.57. The number of aromatic nitrogens is 3. The Kier molecular flexibility index (Phi) is 3.04. The SMILES string of the molecule is N#Cc1nc2sc(NCc3ccccc3)nn2c1C#N. The average molecular weight is 280 g/mol. The van der Waals surface area contributed by atoms with Gasteiger partial charge in [0.05, 0.1) is 0 Å². The second-order valence-electron chi connectivity index (χ2n) is 3.97. The van der Waals surface area contributed by atoms with E-state index in [0.29, 0.717) is 16.6 Å². The molecule has 0 bridgehead atoms. The number of hydrogen-bond donors (Lipinski definition) is 1. The predicted octanol–water partition coefficient (Wildman–Crippen LogP) is 2.15. The number of hydrogen-bond acceptors (Lipinski definition) is 6. The first kappa shape index (κ1) is 12.2. The molecule has 0 atom stereocenters. The van der Waals surface area contributed by atoms with Gasteiger partial charge in [-0.3, -0.25) is 0 Å². The maximum absolute atomic E-state index is 9.04. The largest absolute Gasteiger partial charge is 0.356 e. The van der Waals surface area contributed by atoms with E-state index in [1.165, 1.54) is 15.9 Å². The third-order valence-electron chi connectivity index (χ3n) is 2.70. The van der Waals surface area contributed by atoms with Crippen LogP contribution in [0.3, 0.4) is 0 Å². The molecule has 2 heterocycles. The Morgan fingerprint density at radius 2 is 2.00 bits per heavy atom. The number of benzene rings is 1. The normalized spacial score (nSPS) is 10.1. The van der Waals surface area contributed by atoms with Gasteiger partial charge in [0, 0.05) is 6.54 Å². The molecular formula is C13H8N6S. The van der Waals surface area contributed by atoms with Crippen molar-refractivity contribution in [3.05, 3.63) is 47.3 Å². The minimum Gasteiger partial charge on any atom is -0.356 e. The smallest absolute Gasteiger partial charge is 0.216 e. The second kappa shape index (κ2) is 5.00. The maximum atomic E-state index is 9.04.